The van der Waals surface area contributed by atoms with Crippen molar-refractivity contribution in [2.75, 3.05) is 51.2 Å². The van der Waals surface area contributed by atoms with Crippen molar-refractivity contribution in [1.82, 2.24) is 15.1 Å². The average Bonchev–Trinajstić information content (AvgIpc) is 2.55. The van der Waals surface area contributed by atoms with Gasteiger partial charge in [0.1, 0.15) is 0 Å². The number of nitrogens with zero attached hydrogens (tertiary/aromatic N) is 3. The van der Waals surface area contributed by atoms with Crippen LogP contribution in [-0.2, 0) is 9.59 Å². The van der Waals surface area contributed by atoms with Gasteiger partial charge in [-0.05, 0) is 26.0 Å². The Bertz CT molecular complexity index is 539. The first-order valence-corrected chi connectivity index (χ1v) is 8.51. The summed E-state index contributed by atoms with van der Waals surface area (Å²) in [6.07, 6.45) is 0. The first-order valence-electron chi connectivity index (χ1n) is 8.51. The second kappa shape index (κ2) is 8.68. The molecule has 6 nitrogen and oxygen atoms in total. The molecule has 1 aliphatic heterocycles. The summed E-state index contributed by atoms with van der Waals surface area (Å²) in [5.41, 5.74) is 1.04. The largest absolute Gasteiger partial charge is 0.365 e. The number of anilines is 1. The zero-order valence-electron chi connectivity index (χ0n) is 14.9. The van der Waals surface area contributed by atoms with Gasteiger partial charge in [-0.25, -0.2) is 0 Å². The van der Waals surface area contributed by atoms with E-state index in [-0.39, 0.29) is 17.9 Å². The predicted molar refractivity (Wildman–Crippen MR) is 96.0 cm³/mol. The van der Waals surface area contributed by atoms with Crippen molar-refractivity contribution < 1.29 is 9.59 Å². The molecule has 1 N–H and O–H groups in total. The molecule has 0 aromatic heterocycles. The molecule has 1 heterocycles. The van der Waals surface area contributed by atoms with Crippen LogP contribution in [0.3, 0.4) is 0 Å². The molecule has 0 spiro atoms. The molecule has 2 amide bonds. The Morgan fingerprint density at radius 1 is 1.12 bits per heavy atom. The highest BCUT2D eigenvalue weighted by Crippen LogP contribution is 2.11. The number of likely N-dealkylation sites (N-methyl/N-ethyl adjacent to an activating group) is 1. The Labute approximate surface area is 144 Å². The van der Waals surface area contributed by atoms with Gasteiger partial charge in [-0.1, -0.05) is 18.2 Å². The lowest BCUT2D eigenvalue weighted by Gasteiger charge is -2.35. The number of rotatable bonds is 6. The molecule has 0 radical (unpaired) electrons. The molecule has 1 aliphatic rings. The number of carbonyl (C=O) groups excluding carboxylic acids is 2. The number of carbonyl (C=O) groups is 2. The molecule has 1 aromatic carbocycles. The third kappa shape index (κ3) is 5.53. The van der Waals surface area contributed by atoms with Crippen LogP contribution in [-0.4, -0.2) is 74.0 Å². The van der Waals surface area contributed by atoms with E-state index in [1.807, 2.05) is 61.0 Å². The van der Waals surface area contributed by atoms with Gasteiger partial charge in [0.05, 0.1) is 13.1 Å². The zero-order valence-corrected chi connectivity index (χ0v) is 14.9. The molecule has 132 valence electrons. The third-order valence-corrected chi connectivity index (χ3v) is 4.11. The molecule has 1 fully saturated rings. The van der Waals surface area contributed by atoms with Crippen molar-refractivity contribution in [3.8, 4) is 0 Å². The van der Waals surface area contributed by atoms with E-state index in [4.69, 9.17) is 0 Å². The van der Waals surface area contributed by atoms with Crippen LogP contribution < -0.4 is 10.2 Å². The fourth-order valence-electron chi connectivity index (χ4n) is 2.80. The van der Waals surface area contributed by atoms with Crippen molar-refractivity contribution in [1.29, 1.82) is 0 Å². The monoisotopic (exact) mass is 332 g/mol. The second-order valence-electron chi connectivity index (χ2n) is 6.57. The summed E-state index contributed by atoms with van der Waals surface area (Å²) >= 11 is 0. The average molecular weight is 332 g/mol. The molecule has 0 saturated carbocycles. The number of amides is 2. The lowest BCUT2D eigenvalue weighted by Crippen LogP contribution is -2.53. The summed E-state index contributed by atoms with van der Waals surface area (Å²) in [5, 5.41) is 2.90. The molecule has 24 heavy (non-hydrogen) atoms. The highest BCUT2D eigenvalue weighted by atomic mass is 16.2. The lowest BCUT2D eigenvalue weighted by atomic mass is 10.2. The summed E-state index contributed by atoms with van der Waals surface area (Å²) in [7, 11) is 1.93. The van der Waals surface area contributed by atoms with E-state index in [9.17, 15) is 9.59 Å². The van der Waals surface area contributed by atoms with Gasteiger partial charge in [0, 0.05) is 45.0 Å². The minimum atomic E-state index is 0.0496. The van der Waals surface area contributed by atoms with Gasteiger partial charge in [-0.2, -0.15) is 0 Å². The highest BCUT2D eigenvalue weighted by molar-refractivity contribution is 5.81. The predicted octanol–water partition coefficient (Wildman–Crippen LogP) is 0.792. The van der Waals surface area contributed by atoms with Crippen molar-refractivity contribution >= 4 is 17.5 Å². The number of piperazine rings is 1. The van der Waals surface area contributed by atoms with E-state index in [0.717, 1.165) is 18.8 Å². The van der Waals surface area contributed by atoms with Crippen LogP contribution in [0.1, 0.15) is 13.8 Å². The number of hydrogen-bond acceptors (Lipinski definition) is 4. The van der Waals surface area contributed by atoms with Crippen molar-refractivity contribution in [3.63, 3.8) is 0 Å². The van der Waals surface area contributed by atoms with Crippen molar-refractivity contribution in [3.05, 3.63) is 30.3 Å². The van der Waals surface area contributed by atoms with E-state index in [0.29, 0.717) is 26.2 Å². The van der Waals surface area contributed by atoms with Crippen LogP contribution in [0.25, 0.3) is 0 Å². The Hall–Kier alpha value is -2.08. The number of benzene rings is 1. The normalized spacial score (nSPS) is 15.4. The van der Waals surface area contributed by atoms with Crippen LogP contribution in [0.15, 0.2) is 30.3 Å². The fraction of sp³-hybridized carbons (Fsp3) is 0.556. The topological polar surface area (TPSA) is 55.9 Å². The zero-order chi connectivity index (χ0) is 17.5. The molecule has 0 unspecified atom stereocenters. The maximum absolute atomic E-state index is 12.4. The maximum atomic E-state index is 12.4. The maximum Gasteiger partial charge on any atom is 0.242 e. The van der Waals surface area contributed by atoms with E-state index < -0.39 is 0 Å². The number of nitrogens with one attached hydrogen (secondary N) is 1. The minimum Gasteiger partial charge on any atom is -0.365 e. The summed E-state index contributed by atoms with van der Waals surface area (Å²) in [5.74, 6) is 0.182. The molecule has 0 atom stereocenters. The van der Waals surface area contributed by atoms with E-state index in [1.54, 1.807) is 0 Å². The molecule has 1 saturated heterocycles. The van der Waals surface area contributed by atoms with Gasteiger partial charge in [0.25, 0.3) is 0 Å². The standard InChI is InChI=1S/C18H28N4O2/c1-15(2)19-17(23)13-21-9-11-22(12-10-21)18(24)14-20(3)16-7-5-4-6-8-16/h4-8,15H,9-14H2,1-3H3,(H,19,23). The van der Waals surface area contributed by atoms with Gasteiger partial charge < -0.3 is 15.1 Å². The molecular weight excluding hydrogens is 304 g/mol. The molecule has 0 aliphatic carbocycles. The fourth-order valence-corrected chi connectivity index (χ4v) is 2.80. The summed E-state index contributed by atoms with van der Waals surface area (Å²) < 4.78 is 0. The first-order chi connectivity index (χ1) is 11.5. The van der Waals surface area contributed by atoms with E-state index in [2.05, 4.69) is 10.2 Å². The SMILES string of the molecule is CC(C)NC(=O)CN1CCN(C(=O)CN(C)c2ccccc2)CC1. The van der Waals surface area contributed by atoms with Gasteiger partial charge in [-0.15, -0.1) is 0 Å². The van der Waals surface area contributed by atoms with Crippen LogP contribution >= 0.6 is 0 Å². The quantitative estimate of drug-likeness (QED) is 0.837. The van der Waals surface area contributed by atoms with Crippen molar-refractivity contribution in [2.45, 2.75) is 19.9 Å². The van der Waals surface area contributed by atoms with Gasteiger partial charge in [0.2, 0.25) is 11.8 Å². The Balaban J connectivity index is 1.75. The van der Waals surface area contributed by atoms with E-state index >= 15 is 0 Å². The minimum absolute atomic E-state index is 0.0496. The van der Waals surface area contributed by atoms with Crippen LogP contribution in [0.4, 0.5) is 5.69 Å². The summed E-state index contributed by atoms with van der Waals surface area (Å²) in [4.78, 5) is 30.2. The van der Waals surface area contributed by atoms with Gasteiger partial charge in [-0.3, -0.25) is 14.5 Å². The van der Waals surface area contributed by atoms with Gasteiger partial charge in [0.15, 0.2) is 0 Å². The van der Waals surface area contributed by atoms with E-state index in [1.165, 1.54) is 0 Å². The number of hydrogen-bond donors (Lipinski definition) is 1. The molecule has 1 aromatic rings. The highest BCUT2D eigenvalue weighted by Gasteiger charge is 2.23. The molecule has 6 heteroatoms. The molecule has 2 rings (SSSR count). The third-order valence-electron chi connectivity index (χ3n) is 4.11. The van der Waals surface area contributed by atoms with Crippen LogP contribution in [0, 0.1) is 0 Å². The Morgan fingerprint density at radius 2 is 1.75 bits per heavy atom. The number of para-hydroxylation sites is 1. The first kappa shape index (κ1) is 18.3. The second-order valence-corrected chi connectivity index (χ2v) is 6.57. The summed E-state index contributed by atoms with van der Waals surface area (Å²) in [6.45, 7) is 7.53. The van der Waals surface area contributed by atoms with Gasteiger partial charge >= 0.3 is 0 Å². The van der Waals surface area contributed by atoms with Crippen LogP contribution in [0.5, 0.6) is 0 Å². The molecular formula is C18H28N4O2. The Kier molecular flexibility index (Phi) is 6.61. The Morgan fingerprint density at radius 3 is 2.33 bits per heavy atom. The lowest BCUT2D eigenvalue weighted by molar-refractivity contribution is -0.131. The van der Waals surface area contributed by atoms with Crippen molar-refractivity contribution in [2.24, 2.45) is 0 Å². The van der Waals surface area contributed by atoms with Crippen LogP contribution in [0.2, 0.25) is 0 Å². The molecule has 0 bridgehead atoms. The summed E-state index contributed by atoms with van der Waals surface area (Å²) in [6, 6.07) is 10.1. The smallest absolute Gasteiger partial charge is 0.242 e.